The largest absolute Gasteiger partial charge is 0.493 e. The van der Waals surface area contributed by atoms with Crippen LogP contribution in [0, 0.1) is 0 Å². The quantitative estimate of drug-likeness (QED) is 0.474. The summed E-state index contributed by atoms with van der Waals surface area (Å²) >= 11 is 0. The topological polar surface area (TPSA) is 30.1 Å². The Morgan fingerprint density at radius 3 is 2.30 bits per heavy atom. The van der Waals surface area contributed by atoms with Gasteiger partial charge in [-0.3, -0.25) is 5.32 Å². The highest BCUT2D eigenvalue weighted by atomic mass is 16.5. The van der Waals surface area contributed by atoms with Gasteiger partial charge in [0.05, 0.1) is 20.2 Å². The Balaban J connectivity index is 1.61. The van der Waals surface area contributed by atoms with Crippen molar-refractivity contribution in [1.29, 1.82) is 0 Å². The molecule has 4 heteroatoms. The molecule has 3 aromatic carbocycles. The average Bonchev–Trinajstić information content (AvgIpc) is 3.00. The SMILES string of the molecule is COc1ccccc1-[n+]1cc(-c2ccc(-c3ccccc3)cc2)n2c1NCCCC2. The summed E-state index contributed by atoms with van der Waals surface area (Å²) in [6.07, 6.45) is 4.55. The highest BCUT2D eigenvalue weighted by Crippen LogP contribution is 2.29. The fourth-order valence-corrected chi connectivity index (χ4v) is 4.21. The van der Waals surface area contributed by atoms with Gasteiger partial charge in [0.2, 0.25) is 0 Å². The third-order valence-electron chi connectivity index (χ3n) is 5.75. The second-order valence-electron chi connectivity index (χ2n) is 7.61. The molecular weight excluding hydrogens is 370 g/mol. The summed E-state index contributed by atoms with van der Waals surface area (Å²) in [6, 6.07) is 27.6. The molecule has 4 nitrogen and oxygen atoms in total. The van der Waals surface area contributed by atoms with Crippen molar-refractivity contribution in [2.45, 2.75) is 19.4 Å². The highest BCUT2D eigenvalue weighted by molar-refractivity contribution is 5.69. The first-order valence-corrected chi connectivity index (χ1v) is 10.5. The summed E-state index contributed by atoms with van der Waals surface area (Å²) in [5.74, 6) is 1.98. The molecule has 1 aliphatic rings. The lowest BCUT2D eigenvalue weighted by atomic mass is 10.0. The van der Waals surface area contributed by atoms with Crippen LogP contribution in [-0.4, -0.2) is 18.2 Å². The van der Waals surface area contributed by atoms with Gasteiger partial charge in [-0.25, -0.2) is 4.57 Å². The molecule has 30 heavy (non-hydrogen) atoms. The van der Waals surface area contributed by atoms with Crippen LogP contribution in [-0.2, 0) is 6.54 Å². The molecule has 0 atom stereocenters. The summed E-state index contributed by atoms with van der Waals surface area (Å²) in [6.45, 7) is 1.98. The van der Waals surface area contributed by atoms with Gasteiger partial charge in [-0.05, 0) is 36.1 Å². The summed E-state index contributed by atoms with van der Waals surface area (Å²) in [5.41, 5.74) is 5.95. The number of nitrogens with zero attached hydrogens (tertiary/aromatic N) is 2. The van der Waals surface area contributed by atoms with Crippen LogP contribution in [0.5, 0.6) is 5.75 Å². The first-order chi connectivity index (χ1) is 14.8. The van der Waals surface area contributed by atoms with Crippen LogP contribution in [0.1, 0.15) is 12.8 Å². The Hall–Kier alpha value is -3.53. The number of hydrogen-bond acceptors (Lipinski definition) is 2. The zero-order chi connectivity index (χ0) is 20.3. The lowest BCUT2D eigenvalue weighted by molar-refractivity contribution is -0.579. The van der Waals surface area contributed by atoms with Crippen LogP contribution in [0.2, 0.25) is 0 Å². The van der Waals surface area contributed by atoms with Crippen LogP contribution in [0.4, 0.5) is 5.95 Å². The molecule has 1 aromatic heterocycles. The molecule has 0 unspecified atom stereocenters. The van der Waals surface area contributed by atoms with Gasteiger partial charge in [-0.1, -0.05) is 66.7 Å². The summed E-state index contributed by atoms with van der Waals surface area (Å²) in [7, 11) is 1.73. The van der Waals surface area contributed by atoms with Crippen molar-refractivity contribution in [2.75, 3.05) is 19.0 Å². The zero-order valence-electron chi connectivity index (χ0n) is 17.2. The molecule has 0 spiro atoms. The normalized spacial score (nSPS) is 13.2. The van der Waals surface area contributed by atoms with E-state index in [1.165, 1.54) is 28.8 Å². The molecule has 2 heterocycles. The van der Waals surface area contributed by atoms with E-state index in [1.54, 1.807) is 7.11 Å². The van der Waals surface area contributed by atoms with Crippen molar-refractivity contribution >= 4 is 5.95 Å². The Labute approximate surface area is 177 Å². The van der Waals surface area contributed by atoms with E-state index in [-0.39, 0.29) is 0 Å². The van der Waals surface area contributed by atoms with E-state index in [1.807, 2.05) is 12.1 Å². The number of hydrogen-bond donors (Lipinski definition) is 1. The average molecular weight is 397 g/mol. The molecule has 1 aliphatic heterocycles. The number of anilines is 1. The number of nitrogens with one attached hydrogen (secondary N) is 1. The van der Waals surface area contributed by atoms with E-state index in [0.717, 1.165) is 36.9 Å². The molecule has 0 saturated carbocycles. The van der Waals surface area contributed by atoms with Gasteiger partial charge >= 0.3 is 5.95 Å². The van der Waals surface area contributed by atoms with Crippen molar-refractivity contribution in [3.8, 4) is 33.8 Å². The van der Waals surface area contributed by atoms with Crippen molar-refractivity contribution in [3.05, 3.63) is 85.1 Å². The maximum Gasteiger partial charge on any atom is 0.363 e. The van der Waals surface area contributed by atoms with Gasteiger partial charge in [0.15, 0.2) is 5.75 Å². The zero-order valence-corrected chi connectivity index (χ0v) is 17.2. The number of benzene rings is 3. The maximum absolute atomic E-state index is 5.64. The Bertz CT molecular complexity index is 1150. The number of para-hydroxylation sites is 2. The molecular formula is C26H26N3O+. The predicted octanol–water partition coefficient (Wildman–Crippen LogP) is 5.31. The third kappa shape index (κ3) is 3.35. The minimum atomic E-state index is 0.868. The number of imidazole rings is 1. The maximum atomic E-state index is 5.64. The van der Waals surface area contributed by atoms with Crippen LogP contribution in [0.15, 0.2) is 85.1 Å². The molecule has 4 aromatic rings. The second kappa shape index (κ2) is 8.07. The summed E-state index contributed by atoms with van der Waals surface area (Å²) in [5, 5.41) is 3.64. The molecule has 0 fully saturated rings. The van der Waals surface area contributed by atoms with Gasteiger partial charge in [0, 0.05) is 5.56 Å². The minimum Gasteiger partial charge on any atom is -0.493 e. The van der Waals surface area contributed by atoms with Gasteiger partial charge in [0.1, 0.15) is 17.6 Å². The van der Waals surface area contributed by atoms with Crippen molar-refractivity contribution in [1.82, 2.24) is 4.57 Å². The van der Waals surface area contributed by atoms with Gasteiger partial charge in [-0.15, -0.1) is 0 Å². The highest BCUT2D eigenvalue weighted by Gasteiger charge is 2.27. The second-order valence-corrected chi connectivity index (χ2v) is 7.61. The van der Waals surface area contributed by atoms with E-state index in [0.29, 0.717) is 0 Å². The summed E-state index contributed by atoms with van der Waals surface area (Å²) in [4.78, 5) is 0. The fourth-order valence-electron chi connectivity index (χ4n) is 4.21. The number of methoxy groups -OCH3 is 1. The molecule has 1 N–H and O–H groups in total. The van der Waals surface area contributed by atoms with E-state index in [2.05, 4.69) is 87.4 Å². The van der Waals surface area contributed by atoms with Crippen molar-refractivity contribution in [2.24, 2.45) is 0 Å². The Morgan fingerprint density at radius 1 is 0.800 bits per heavy atom. The molecule has 0 bridgehead atoms. The fraction of sp³-hybridized carbons (Fsp3) is 0.192. The molecule has 5 rings (SSSR count). The van der Waals surface area contributed by atoms with Crippen molar-refractivity contribution < 1.29 is 9.30 Å². The number of fused-ring (bicyclic) bond motifs is 1. The summed E-state index contributed by atoms with van der Waals surface area (Å²) < 4.78 is 10.3. The lowest BCUT2D eigenvalue weighted by Gasteiger charge is -2.08. The van der Waals surface area contributed by atoms with E-state index >= 15 is 0 Å². The molecule has 0 amide bonds. The number of aromatic nitrogens is 2. The van der Waals surface area contributed by atoms with Gasteiger partial charge < -0.3 is 4.74 Å². The van der Waals surface area contributed by atoms with Crippen LogP contribution in [0.25, 0.3) is 28.1 Å². The Morgan fingerprint density at radius 2 is 1.50 bits per heavy atom. The molecule has 0 saturated heterocycles. The lowest BCUT2D eigenvalue weighted by Crippen LogP contribution is -2.33. The van der Waals surface area contributed by atoms with E-state index in [9.17, 15) is 0 Å². The van der Waals surface area contributed by atoms with E-state index < -0.39 is 0 Å². The standard InChI is InChI=1S/C26H25N3O/c1-30-25-12-6-5-11-23(25)29-19-24(28-18-8-7-17-27-26(28)29)22-15-13-21(14-16-22)20-9-3-2-4-10-20/h2-6,9-16,19H,7-8,17-18H2,1H3/p+1. The van der Waals surface area contributed by atoms with Gasteiger partial charge in [-0.2, -0.15) is 4.57 Å². The van der Waals surface area contributed by atoms with Crippen LogP contribution < -0.4 is 14.6 Å². The predicted molar refractivity (Wildman–Crippen MR) is 121 cm³/mol. The first-order valence-electron chi connectivity index (χ1n) is 10.5. The monoisotopic (exact) mass is 396 g/mol. The van der Waals surface area contributed by atoms with Crippen LogP contribution in [0.3, 0.4) is 0 Å². The molecule has 150 valence electrons. The van der Waals surface area contributed by atoms with Gasteiger partial charge in [0.25, 0.3) is 0 Å². The van der Waals surface area contributed by atoms with E-state index in [4.69, 9.17) is 4.74 Å². The first kappa shape index (κ1) is 18.5. The number of ether oxygens (including phenoxy) is 1. The van der Waals surface area contributed by atoms with Crippen LogP contribution >= 0.6 is 0 Å². The third-order valence-corrected chi connectivity index (χ3v) is 5.75. The smallest absolute Gasteiger partial charge is 0.363 e. The molecule has 0 radical (unpaired) electrons. The molecule has 0 aliphatic carbocycles. The number of rotatable bonds is 4. The van der Waals surface area contributed by atoms with Crippen molar-refractivity contribution in [3.63, 3.8) is 0 Å². The minimum absolute atomic E-state index is 0.868. The Kier molecular flexibility index (Phi) is 4.98.